The zero-order chi connectivity index (χ0) is 19.3. The van der Waals surface area contributed by atoms with Crippen molar-refractivity contribution in [2.75, 3.05) is 43.6 Å². The monoisotopic (exact) mass is 380 g/mol. The van der Waals surface area contributed by atoms with E-state index in [1.807, 2.05) is 42.3 Å². The average Bonchev–Trinajstić information content (AvgIpc) is 3.27. The van der Waals surface area contributed by atoms with Crippen molar-refractivity contribution in [2.45, 2.75) is 18.9 Å². The van der Waals surface area contributed by atoms with E-state index in [1.165, 1.54) is 0 Å². The third-order valence-corrected chi connectivity index (χ3v) is 4.76. The summed E-state index contributed by atoms with van der Waals surface area (Å²) in [4.78, 5) is 20.4. The maximum atomic E-state index is 9.10. The maximum Gasteiger partial charge on any atom is 0.224 e. The molecule has 4 rings (SSSR count). The van der Waals surface area contributed by atoms with Gasteiger partial charge in [-0.1, -0.05) is 12.1 Å². The van der Waals surface area contributed by atoms with Gasteiger partial charge in [-0.15, -0.1) is 0 Å². The van der Waals surface area contributed by atoms with Gasteiger partial charge in [-0.25, -0.2) is 9.97 Å². The number of aliphatic hydroxyl groups excluding tert-OH is 1. The number of hydrogen-bond acceptors (Lipinski definition) is 8. The van der Waals surface area contributed by atoms with E-state index in [4.69, 9.17) is 14.8 Å². The van der Waals surface area contributed by atoms with Gasteiger partial charge in [0.2, 0.25) is 5.95 Å². The minimum Gasteiger partial charge on any atom is -0.395 e. The number of rotatable bonds is 7. The van der Waals surface area contributed by atoms with Crippen molar-refractivity contribution in [1.29, 1.82) is 0 Å². The zero-order valence-electron chi connectivity index (χ0n) is 15.9. The van der Waals surface area contributed by atoms with E-state index in [0.717, 1.165) is 41.3 Å². The van der Waals surface area contributed by atoms with Gasteiger partial charge in [0.15, 0.2) is 0 Å². The van der Waals surface area contributed by atoms with E-state index >= 15 is 0 Å². The van der Waals surface area contributed by atoms with Crippen molar-refractivity contribution in [3.8, 4) is 0 Å². The molecule has 0 aliphatic carbocycles. The summed E-state index contributed by atoms with van der Waals surface area (Å²) in [5, 5.41) is 12.2. The third-order valence-electron chi connectivity index (χ3n) is 4.76. The lowest BCUT2D eigenvalue weighted by Crippen LogP contribution is -2.21. The summed E-state index contributed by atoms with van der Waals surface area (Å²) < 4.78 is 5.52. The molecule has 8 nitrogen and oxygen atoms in total. The molecule has 0 spiro atoms. The maximum absolute atomic E-state index is 9.10. The Kier molecular flexibility index (Phi) is 5.59. The molecule has 28 heavy (non-hydrogen) atoms. The smallest absolute Gasteiger partial charge is 0.224 e. The molecule has 0 amide bonds. The predicted molar refractivity (Wildman–Crippen MR) is 107 cm³/mol. The number of fused-ring (bicyclic) bond motifs is 1. The fourth-order valence-electron chi connectivity index (χ4n) is 3.27. The molecule has 1 saturated heterocycles. The number of nitrogens with one attached hydrogen (secondary N) is 1. The Morgan fingerprint density at radius 3 is 2.86 bits per heavy atom. The van der Waals surface area contributed by atoms with Crippen molar-refractivity contribution in [2.24, 2.45) is 0 Å². The molecule has 8 heteroatoms. The summed E-state index contributed by atoms with van der Waals surface area (Å²) in [5.74, 6) is 1.59. The molecule has 1 aliphatic heterocycles. The average molecular weight is 380 g/mol. The van der Waals surface area contributed by atoms with Crippen molar-refractivity contribution in [3.63, 3.8) is 0 Å². The number of para-hydroxylation sites is 2. The first-order valence-electron chi connectivity index (χ1n) is 9.46. The standard InChI is InChI=1S/C20H24N6O2/c1-26(12-15-11-22-16-4-2-3-5-17(16)23-15)19-10-18(14-6-9-28-13-14)24-20(25-19)21-7-8-27/h2-5,10-11,14,27H,6-9,12-13H2,1H3,(H,21,24,25). The number of ether oxygens (including phenoxy) is 1. The number of aliphatic hydroxyl groups is 1. The number of aromatic nitrogens is 4. The highest BCUT2D eigenvalue weighted by molar-refractivity contribution is 5.73. The second kappa shape index (κ2) is 8.45. The Balaban J connectivity index is 1.58. The van der Waals surface area contributed by atoms with Crippen LogP contribution in [0, 0.1) is 0 Å². The molecule has 1 fully saturated rings. The number of nitrogens with zero attached hydrogens (tertiary/aromatic N) is 5. The second-order valence-electron chi connectivity index (χ2n) is 6.89. The number of hydrogen-bond donors (Lipinski definition) is 2. The number of benzene rings is 1. The molecule has 1 unspecified atom stereocenters. The molecule has 3 heterocycles. The van der Waals surface area contributed by atoms with Crippen LogP contribution in [0.5, 0.6) is 0 Å². The summed E-state index contributed by atoms with van der Waals surface area (Å²) in [6, 6.07) is 9.85. The van der Waals surface area contributed by atoms with Crippen LogP contribution in [0.2, 0.25) is 0 Å². The quantitative estimate of drug-likeness (QED) is 0.642. The Morgan fingerprint density at radius 1 is 1.21 bits per heavy atom. The van der Waals surface area contributed by atoms with Gasteiger partial charge in [0.1, 0.15) is 5.82 Å². The summed E-state index contributed by atoms with van der Waals surface area (Å²) in [7, 11) is 1.98. The fraction of sp³-hybridized carbons (Fsp3) is 0.400. The molecule has 2 aromatic heterocycles. The van der Waals surface area contributed by atoms with E-state index in [9.17, 15) is 0 Å². The van der Waals surface area contributed by atoms with Crippen molar-refractivity contribution in [1.82, 2.24) is 19.9 Å². The van der Waals surface area contributed by atoms with Crippen LogP contribution in [-0.4, -0.2) is 58.5 Å². The number of anilines is 2. The van der Waals surface area contributed by atoms with E-state index < -0.39 is 0 Å². The van der Waals surface area contributed by atoms with Crippen LogP contribution in [0.3, 0.4) is 0 Å². The Bertz CT molecular complexity index is 945. The van der Waals surface area contributed by atoms with Gasteiger partial charge in [0.05, 0.1) is 48.4 Å². The van der Waals surface area contributed by atoms with Crippen molar-refractivity contribution >= 4 is 22.8 Å². The summed E-state index contributed by atoms with van der Waals surface area (Å²) >= 11 is 0. The van der Waals surface area contributed by atoms with Crippen LogP contribution < -0.4 is 10.2 Å². The second-order valence-corrected chi connectivity index (χ2v) is 6.89. The Morgan fingerprint density at radius 2 is 2.07 bits per heavy atom. The van der Waals surface area contributed by atoms with Gasteiger partial charge in [0.25, 0.3) is 0 Å². The molecule has 3 aromatic rings. The first kappa shape index (κ1) is 18.5. The third kappa shape index (κ3) is 4.18. The highest BCUT2D eigenvalue weighted by Gasteiger charge is 2.21. The van der Waals surface area contributed by atoms with Crippen LogP contribution in [0.1, 0.15) is 23.7 Å². The molecular weight excluding hydrogens is 356 g/mol. The highest BCUT2D eigenvalue weighted by atomic mass is 16.5. The van der Waals surface area contributed by atoms with Crippen molar-refractivity contribution < 1.29 is 9.84 Å². The van der Waals surface area contributed by atoms with Crippen molar-refractivity contribution in [3.05, 3.63) is 47.9 Å². The summed E-state index contributed by atoms with van der Waals surface area (Å²) in [6.07, 6.45) is 2.76. The SMILES string of the molecule is CN(Cc1cnc2ccccc2n1)c1cc(C2CCOC2)nc(NCCO)n1. The summed E-state index contributed by atoms with van der Waals surface area (Å²) in [5.41, 5.74) is 3.59. The van der Waals surface area contributed by atoms with Gasteiger partial charge in [0, 0.05) is 32.2 Å². The van der Waals surface area contributed by atoms with Crippen LogP contribution in [0.4, 0.5) is 11.8 Å². The van der Waals surface area contributed by atoms with E-state index in [-0.39, 0.29) is 12.5 Å². The van der Waals surface area contributed by atoms with Crippen LogP contribution >= 0.6 is 0 Å². The normalized spacial score (nSPS) is 16.4. The van der Waals surface area contributed by atoms with Crippen LogP contribution in [0.15, 0.2) is 36.5 Å². The first-order chi connectivity index (χ1) is 13.7. The van der Waals surface area contributed by atoms with Gasteiger partial charge < -0.3 is 20.1 Å². The molecule has 1 atom stereocenters. The highest BCUT2D eigenvalue weighted by Crippen LogP contribution is 2.27. The fourth-order valence-corrected chi connectivity index (χ4v) is 3.27. The molecule has 0 radical (unpaired) electrons. The van der Waals surface area contributed by atoms with Crippen LogP contribution in [0.25, 0.3) is 11.0 Å². The van der Waals surface area contributed by atoms with Gasteiger partial charge in [-0.2, -0.15) is 4.98 Å². The predicted octanol–water partition coefficient (Wildman–Crippen LogP) is 1.96. The molecule has 1 aliphatic rings. The Labute approximate surface area is 163 Å². The lowest BCUT2D eigenvalue weighted by molar-refractivity contribution is 0.193. The van der Waals surface area contributed by atoms with Gasteiger partial charge in [-0.3, -0.25) is 4.98 Å². The molecule has 146 valence electrons. The van der Waals surface area contributed by atoms with E-state index in [1.54, 1.807) is 6.20 Å². The molecule has 1 aromatic carbocycles. The lowest BCUT2D eigenvalue weighted by Gasteiger charge is -2.20. The first-order valence-corrected chi connectivity index (χ1v) is 9.46. The molecule has 2 N–H and O–H groups in total. The van der Waals surface area contributed by atoms with E-state index in [2.05, 4.69) is 20.3 Å². The lowest BCUT2D eigenvalue weighted by atomic mass is 10.0. The molecule has 0 bridgehead atoms. The van der Waals surface area contributed by atoms with Crippen LogP contribution in [-0.2, 0) is 11.3 Å². The largest absolute Gasteiger partial charge is 0.395 e. The van der Waals surface area contributed by atoms with E-state index in [0.29, 0.717) is 25.6 Å². The zero-order valence-corrected chi connectivity index (χ0v) is 15.9. The summed E-state index contributed by atoms with van der Waals surface area (Å²) in [6.45, 7) is 2.44. The van der Waals surface area contributed by atoms with Gasteiger partial charge >= 0.3 is 0 Å². The minimum absolute atomic E-state index is 0.0258. The molecule has 0 saturated carbocycles. The Hall–Kier alpha value is -2.84. The molecular formula is C20H24N6O2. The topological polar surface area (TPSA) is 96.3 Å². The van der Waals surface area contributed by atoms with Gasteiger partial charge in [-0.05, 0) is 18.6 Å². The minimum atomic E-state index is 0.0258.